The van der Waals surface area contributed by atoms with Crippen molar-refractivity contribution in [2.45, 2.75) is 19.4 Å². The van der Waals surface area contributed by atoms with Gasteiger partial charge in [0.15, 0.2) is 0 Å². The quantitative estimate of drug-likeness (QED) is 0.946. The highest BCUT2D eigenvalue weighted by atomic mass is 32.1. The van der Waals surface area contributed by atoms with Crippen molar-refractivity contribution in [3.05, 3.63) is 46.7 Å². The number of carbonyl (C=O) groups is 1. The first kappa shape index (κ1) is 14.3. The van der Waals surface area contributed by atoms with Crippen molar-refractivity contribution in [2.75, 3.05) is 13.1 Å². The lowest BCUT2D eigenvalue weighted by molar-refractivity contribution is 0.0749. The van der Waals surface area contributed by atoms with E-state index in [1.807, 2.05) is 34.5 Å². The third-order valence-corrected chi connectivity index (χ3v) is 5.10. The van der Waals surface area contributed by atoms with E-state index < -0.39 is 0 Å². The van der Waals surface area contributed by atoms with Crippen LogP contribution in [0.4, 0.5) is 0 Å². The van der Waals surface area contributed by atoms with Crippen molar-refractivity contribution in [3.63, 3.8) is 0 Å². The predicted octanol–water partition coefficient (Wildman–Crippen LogP) is 3.22. The summed E-state index contributed by atoms with van der Waals surface area (Å²) >= 11 is 1.53. The first-order chi connectivity index (χ1) is 10.2. The molecule has 2 N–H and O–H groups in total. The van der Waals surface area contributed by atoms with Crippen molar-refractivity contribution in [1.29, 1.82) is 0 Å². The Labute approximate surface area is 129 Å². The van der Waals surface area contributed by atoms with Gasteiger partial charge >= 0.3 is 0 Å². The molecule has 0 bridgehead atoms. The molecule has 2 atom stereocenters. The van der Waals surface area contributed by atoms with E-state index in [-0.39, 0.29) is 11.9 Å². The molecule has 2 heterocycles. The second kappa shape index (κ2) is 6.00. The van der Waals surface area contributed by atoms with E-state index in [2.05, 4.69) is 19.1 Å². The van der Waals surface area contributed by atoms with E-state index in [1.165, 1.54) is 11.3 Å². The van der Waals surface area contributed by atoms with Crippen LogP contribution in [-0.2, 0) is 0 Å². The summed E-state index contributed by atoms with van der Waals surface area (Å²) in [7, 11) is 0. The molecule has 1 aromatic heterocycles. The summed E-state index contributed by atoms with van der Waals surface area (Å²) in [6.45, 7) is 3.55. The Bertz CT molecular complexity index is 623. The lowest BCUT2D eigenvalue weighted by Gasteiger charge is -2.21. The normalized spacial score (nSPS) is 21.7. The molecule has 3 rings (SSSR count). The minimum atomic E-state index is 0.146. The number of carbonyl (C=O) groups excluding carboxylic acids is 1. The molecule has 1 aliphatic rings. The molecule has 1 fully saturated rings. The molecule has 0 radical (unpaired) electrons. The number of amides is 1. The monoisotopic (exact) mass is 300 g/mol. The van der Waals surface area contributed by atoms with Crippen LogP contribution in [0.1, 0.15) is 23.0 Å². The van der Waals surface area contributed by atoms with E-state index in [4.69, 9.17) is 5.73 Å². The van der Waals surface area contributed by atoms with E-state index in [0.717, 1.165) is 29.0 Å². The summed E-state index contributed by atoms with van der Waals surface area (Å²) in [5, 5.41) is 2.00. The Morgan fingerprint density at radius 1 is 1.33 bits per heavy atom. The number of rotatable bonds is 3. The molecule has 3 nitrogen and oxygen atoms in total. The van der Waals surface area contributed by atoms with Gasteiger partial charge in [0.2, 0.25) is 0 Å². The fraction of sp³-hybridized carbons (Fsp3) is 0.353. The molecule has 2 aromatic rings. The predicted molar refractivity (Wildman–Crippen MR) is 87.4 cm³/mol. The summed E-state index contributed by atoms with van der Waals surface area (Å²) in [6.07, 6.45) is 1.01. The maximum atomic E-state index is 12.9. The maximum Gasteiger partial charge on any atom is 0.264 e. The molecule has 21 heavy (non-hydrogen) atoms. The Hall–Kier alpha value is -1.65. The van der Waals surface area contributed by atoms with Gasteiger partial charge in [-0.15, -0.1) is 11.3 Å². The van der Waals surface area contributed by atoms with Crippen molar-refractivity contribution in [1.82, 2.24) is 4.90 Å². The van der Waals surface area contributed by atoms with Gasteiger partial charge in [0.25, 0.3) is 5.91 Å². The lowest BCUT2D eigenvalue weighted by atomic mass is 10.1. The Morgan fingerprint density at radius 2 is 2.10 bits per heavy atom. The number of benzene rings is 1. The number of nitrogens with zero attached hydrogens (tertiary/aromatic N) is 1. The molecule has 0 spiro atoms. The molecule has 1 aromatic carbocycles. The zero-order valence-corrected chi connectivity index (χ0v) is 13.0. The van der Waals surface area contributed by atoms with Crippen molar-refractivity contribution >= 4 is 17.2 Å². The molecule has 1 aliphatic heterocycles. The SMILES string of the molecule is CC1CC(CN)CN1C(=O)c1sccc1-c1ccccc1. The summed E-state index contributed by atoms with van der Waals surface area (Å²) in [5.41, 5.74) is 7.90. The van der Waals surface area contributed by atoms with Gasteiger partial charge in [0.05, 0.1) is 4.88 Å². The van der Waals surface area contributed by atoms with Gasteiger partial charge in [-0.05, 0) is 42.8 Å². The van der Waals surface area contributed by atoms with Crippen LogP contribution in [0.15, 0.2) is 41.8 Å². The van der Waals surface area contributed by atoms with E-state index >= 15 is 0 Å². The number of likely N-dealkylation sites (tertiary alicyclic amines) is 1. The summed E-state index contributed by atoms with van der Waals surface area (Å²) in [5.74, 6) is 0.580. The van der Waals surface area contributed by atoms with Crippen LogP contribution in [0.2, 0.25) is 0 Å². The first-order valence-electron chi connectivity index (χ1n) is 7.34. The van der Waals surface area contributed by atoms with Crippen LogP contribution in [-0.4, -0.2) is 29.9 Å². The molecule has 110 valence electrons. The van der Waals surface area contributed by atoms with Crippen LogP contribution in [0.5, 0.6) is 0 Å². The van der Waals surface area contributed by atoms with E-state index in [1.54, 1.807) is 0 Å². The highest BCUT2D eigenvalue weighted by Gasteiger charge is 2.33. The van der Waals surface area contributed by atoms with Crippen LogP contribution in [0.3, 0.4) is 0 Å². The standard InChI is InChI=1S/C17H20N2OS/c1-12-9-13(10-18)11-19(12)17(20)16-15(7-8-21-16)14-5-3-2-4-6-14/h2-8,12-13H,9-11,18H2,1H3. The van der Waals surface area contributed by atoms with Gasteiger partial charge in [-0.2, -0.15) is 0 Å². The maximum absolute atomic E-state index is 12.9. The van der Waals surface area contributed by atoms with Crippen molar-refractivity contribution in [2.24, 2.45) is 11.7 Å². The summed E-state index contributed by atoms with van der Waals surface area (Å²) < 4.78 is 0. The minimum Gasteiger partial charge on any atom is -0.335 e. The zero-order chi connectivity index (χ0) is 14.8. The third-order valence-electron chi connectivity index (χ3n) is 4.20. The fourth-order valence-electron chi connectivity index (χ4n) is 3.05. The molecule has 0 aliphatic carbocycles. The summed E-state index contributed by atoms with van der Waals surface area (Å²) in [4.78, 5) is 15.7. The molecular weight excluding hydrogens is 280 g/mol. The van der Waals surface area contributed by atoms with Crippen molar-refractivity contribution in [3.8, 4) is 11.1 Å². The molecule has 0 saturated carbocycles. The smallest absolute Gasteiger partial charge is 0.264 e. The minimum absolute atomic E-state index is 0.146. The van der Waals surface area contributed by atoms with E-state index in [0.29, 0.717) is 12.5 Å². The second-order valence-corrected chi connectivity index (χ2v) is 6.59. The van der Waals surface area contributed by atoms with Crippen LogP contribution in [0, 0.1) is 5.92 Å². The van der Waals surface area contributed by atoms with Gasteiger partial charge in [0, 0.05) is 18.2 Å². The van der Waals surface area contributed by atoms with E-state index in [9.17, 15) is 4.79 Å². The number of hydrogen-bond donors (Lipinski definition) is 1. The van der Waals surface area contributed by atoms with Gasteiger partial charge in [-0.1, -0.05) is 30.3 Å². The highest BCUT2D eigenvalue weighted by molar-refractivity contribution is 7.12. The lowest BCUT2D eigenvalue weighted by Crippen LogP contribution is -2.34. The number of nitrogens with two attached hydrogens (primary N) is 1. The number of hydrogen-bond acceptors (Lipinski definition) is 3. The van der Waals surface area contributed by atoms with Gasteiger partial charge in [-0.25, -0.2) is 0 Å². The topological polar surface area (TPSA) is 46.3 Å². The highest BCUT2D eigenvalue weighted by Crippen LogP contribution is 2.32. The first-order valence-corrected chi connectivity index (χ1v) is 8.22. The molecule has 4 heteroatoms. The summed E-state index contributed by atoms with van der Waals surface area (Å²) in [6, 6.07) is 12.4. The second-order valence-electron chi connectivity index (χ2n) is 5.67. The number of thiophene rings is 1. The van der Waals surface area contributed by atoms with Crippen molar-refractivity contribution < 1.29 is 4.79 Å². The van der Waals surface area contributed by atoms with Crippen LogP contribution < -0.4 is 5.73 Å². The van der Waals surface area contributed by atoms with Gasteiger partial charge in [-0.3, -0.25) is 4.79 Å². The average Bonchev–Trinajstić information content (AvgIpc) is 3.14. The molecule has 2 unspecified atom stereocenters. The van der Waals surface area contributed by atoms with Gasteiger partial charge in [0.1, 0.15) is 0 Å². The third kappa shape index (κ3) is 2.74. The fourth-order valence-corrected chi connectivity index (χ4v) is 3.92. The zero-order valence-electron chi connectivity index (χ0n) is 12.2. The molecular formula is C17H20N2OS. The Morgan fingerprint density at radius 3 is 2.76 bits per heavy atom. The average molecular weight is 300 g/mol. The van der Waals surface area contributed by atoms with Crippen LogP contribution in [0.25, 0.3) is 11.1 Å². The Balaban J connectivity index is 1.88. The Kier molecular flexibility index (Phi) is 4.08. The molecule has 1 saturated heterocycles. The van der Waals surface area contributed by atoms with Crippen LogP contribution >= 0.6 is 11.3 Å². The van der Waals surface area contributed by atoms with Gasteiger partial charge < -0.3 is 10.6 Å². The molecule has 1 amide bonds. The largest absolute Gasteiger partial charge is 0.335 e.